The van der Waals surface area contributed by atoms with Crippen LogP contribution < -0.4 is 4.90 Å². The molecule has 2 heteroatoms. The molecular formula is C71H47NO. The van der Waals surface area contributed by atoms with Crippen molar-refractivity contribution < 1.29 is 4.42 Å². The third-order valence-corrected chi connectivity index (χ3v) is 15.2. The highest BCUT2D eigenvalue weighted by molar-refractivity contribution is 6.10. The van der Waals surface area contributed by atoms with Gasteiger partial charge < -0.3 is 9.32 Å². The Bertz CT molecular complexity index is 4150. The highest BCUT2D eigenvalue weighted by atomic mass is 16.3. The van der Waals surface area contributed by atoms with Crippen molar-refractivity contribution in [3.63, 3.8) is 0 Å². The van der Waals surface area contributed by atoms with Crippen molar-refractivity contribution in [2.75, 3.05) is 4.90 Å². The first-order chi connectivity index (χ1) is 36.2. The van der Waals surface area contributed by atoms with Gasteiger partial charge in [-0.15, -0.1) is 0 Å². The topological polar surface area (TPSA) is 16.4 Å². The molecule has 0 unspecified atom stereocenters. The number of nitrogens with zero attached hydrogens (tertiary/aromatic N) is 1. The van der Waals surface area contributed by atoms with Crippen LogP contribution in [-0.4, -0.2) is 0 Å². The minimum absolute atomic E-state index is 0.519. The highest BCUT2D eigenvalue weighted by Crippen LogP contribution is 2.59. The van der Waals surface area contributed by atoms with E-state index in [9.17, 15) is 0 Å². The second-order valence-electron chi connectivity index (χ2n) is 19.1. The van der Waals surface area contributed by atoms with E-state index in [0.29, 0.717) is 0 Å². The van der Waals surface area contributed by atoms with Gasteiger partial charge in [0.15, 0.2) is 0 Å². The van der Waals surface area contributed by atoms with Crippen molar-refractivity contribution in [3.8, 4) is 55.6 Å². The van der Waals surface area contributed by atoms with E-state index in [0.717, 1.165) is 61.3 Å². The lowest BCUT2D eigenvalue weighted by molar-refractivity contribution is 0.670. The maximum absolute atomic E-state index is 6.63. The Hall–Kier alpha value is -9.50. The van der Waals surface area contributed by atoms with Crippen LogP contribution in [0.1, 0.15) is 22.3 Å². The minimum Gasteiger partial charge on any atom is -0.455 e. The molecule has 0 aliphatic heterocycles. The zero-order chi connectivity index (χ0) is 48.3. The Morgan fingerprint density at radius 1 is 0.301 bits per heavy atom. The molecule has 0 spiro atoms. The number of para-hydroxylation sites is 3. The summed E-state index contributed by atoms with van der Waals surface area (Å²) in [5, 5.41) is 4.73. The number of hydrogen-bond acceptors (Lipinski definition) is 2. The van der Waals surface area contributed by atoms with E-state index < -0.39 is 5.41 Å². The Morgan fingerprint density at radius 2 is 0.849 bits per heavy atom. The first kappa shape index (κ1) is 42.4. The third kappa shape index (κ3) is 6.94. The average molecular weight is 930 g/mol. The lowest BCUT2D eigenvalue weighted by atomic mass is 9.67. The summed E-state index contributed by atoms with van der Waals surface area (Å²) in [5.41, 5.74) is 21.2. The van der Waals surface area contributed by atoms with E-state index in [4.69, 9.17) is 4.42 Å². The standard InChI is InChI=1S/C71H47NO/c1-3-21-55(22-4-1)71(56-23-5-2-6-24-56)65-32-12-9-28-64(65)69-62(30-17-33-66(69)71)60-26-10-13-34-67(60)72(58-25-15-20-54(47-58)59-29-16-31-63-61-27-11-14-35-68(61)73-70(59)63)57-44-42-50(43-45-57)49-36-38-51(39-37-49)53-41-40-48-18-7-8-19-52(48)46-53/h1-47H. The lowest BCUT2D eigenvalue weighted by Gasteiger charge is -2.34. The van der Waals surface area contributed by atoms with Crippen molar-refractivity contribution >= 4 is 49.8 Å². The summed E-state index contributed by atoms with van der Waals surface area (Å²) in [6.45, 7) is 0. The molecular weight excluding hydrogens is 883 g/mol. The van der Waals surface area contributed by atoms with Crippen LogP contribution in [-0.2, 0) is 5.41 Å². The summed E-state index contributed by atoms with van der Waals surface area (Å²) < 4.78 is 6.63. The molecule has 73 heavy (non-hydrogen) atoms. The van der Waals surface area contributed by atoms with E-state index in [1.54, 1.807) is 0 Å². The first-order valence-corrected chi connectivity index (χ1v) is 25.2. The van der Waals surface area contributed by atoms with Gasteiger partial charge >= 0.3 is 0 Å². The molecule has 1 aliphatic rings. The summed E-state index contributed by atoms with van der Waals surface area (Å²) in [6, 6.07) is 104. The highest BCUT2D eigenvalue weighted by Gasteiger charge is 2.47. The van der Waals surface area contributed by atoms with Crippen LogP contribution in [0.2, 0.25) is 0 Å². The van der Waals surface area contributed by atoms with E-state index >= 15 is 0 Å². The molecule has 2 nitrogen and oxygen atoms in total. The molecule has 0 amide bonds. The Kier molecular flexibility index (Phi) is 10.1. The van der Waals surface area contributed by atoms with Gasteiger partial charge in [0.05, 0.1) is 11.1 Å². The van der Waals surface area contributed by atoms with Crippen LogP contribution >= 0.6 is 0 Å². The Labute approximate surface area is 425 Å². The molecule has 0 saturated heterocycles. The van der Waals surface area contributed by atoms with Crippen LogP contribution in [0.3, 0.4) is 0 Å². The fourth-order valence-electron chi connectivity index (χ4n) is 11.9. The summed E-state index contributed by atoms with van der Waals surface area (Å²) >= 11 is 0. The molecule has 0 N–H and O–H groups in total. The lowest BCUT2D eigenvalue weighted by Crippen LogP contribution is -2.28. The number of hydrogen-bond donors (Lipinski definition) is 0. The molecule has 1 aliphatic carbocycles. The number of anilines is 3. The van der Waals surface area contributed by atoms with Crippen LogP contribution in [0.15, 0.2) is 290 Å². The van der Waals surface area contributed by atoms with Crippen molar-refractivity contribution in [2.45, 2.75) is 5.41 Å². The predicted molar refractivity (Wildman–Crippen MR) is 305 cm³/mol. The molecule has 13 aromatic rings. The third-order valence-electron chi connectivity index (χ3n) is 15.2. The summed E-state index contributed by atoms with van der Waals surface area (Å²) in [5.74, 6) is 0. The second-order valence-corrected chi connectivity index (χ2v) is 19.1. The molecule has 0 atom stereocenters. The molecule has 1 heterocycles. The van der Waals surface area contributed by atoms with E-state index in [1.165, 1.54) is 66.4 Å². The maximum atomic E-state index is 6.63. The molecule has 14 rings (SSSR count). The minimum atomic E-state index is -0.519. The van der Waals surface area contributed by atoms with Gasteiger partial charge in [0.25, 0.3) is 0 Å². The van der Waals surface area contributed by atoms with Crippen LogP contribution in [0, 0.1) is 0 Å². The maximum Gasteiger partial charge on any atom is 0.143 e. The zero-order valence-corrected chi connectivity index (χ0v) is 40.0. The molecule has 0 radical (unpaired) electrons. The van der Waals surface area contributed by atoms with E-state index in [1.807, 2.05) is 6.07 Å². The fourth-order valence-corrected chi connectivity index (χ4v) is 11.9. The zero-order valence-electron chi connectivity index (χ0n) is 40.0. The second kappa shape index (κ2) is 17.4. The summed E-state index contributed by atoms with van der Waals surface area (Å²) in [7, 11) is 0. The fraction of sp³-hybridized carbons (Fsp3) is 0.0141. The van der Waals surface area contributed by atoms with Gasteiger partial charge in [-0.1, -0.05) is 243 Å². The molecule has 342 valence electrons. The number of furan rings is 1. The van der Waals surface area contributed by atoms with Crippen LogP contribution in [0.4, 0.5) is 17.1 Å². The SMILES string of the molecule is c1ccc(C2(c3ccccc3)c3ccccc3-c3c(-c4ccccc4N(c4ccc(-c5ccc(-c6ccc7ccccc7c6)cc5)cc4)c4cccc(-c5cccc6c5oc5ccccc56)c4)cccc32)cc1. The summed E-state index contributed by atoms with van der Waals surface area (Å²) in [6.07, 6.45) is 0. The smallest absolute Gasteiger partial charge is 0.143 e. The average Bonchev–Trinajstić information content (AvgIpc) is 4.06. The van der Waals surface area contributed by atoms with Gasteiger partial charge in [-0.2, -0.15) is 0 Å². The van der Waals surface area contributed by atoms with Gasteiger partial charge in [0, 0.05) is 33.3 Å². The van der Waals surface area contributed by atoms with Crippen LogP contribution in [0.25, 0.3) is 88.3 Å². The van der Waals surface area contributed by atoms with Crippen molar-refractivity contribution in [3.05, 3.63) is 307 Å². The molecule has 0 saturated carbocycles. The van der Waals surface area contributed by atoms with Gasteiger partial charge in [0.2, 0.25) is 0 Å². The molecule has 0 bridgehead atoms. The normalized spacial score (nSPS) is 12.5. The van der Waals surface area contributed by atoms with Gasteiger partial charge in [-0.3, -0.25) is 0 Å². The quantitative estimate of drug-likeness (QED) is 0.143. The van der Waals surface area contributed by atoms with Gasteiger partial charge in [-0.25, -0.2) is 0 Å². The van der Waals surface area contributed by atoms with Crippen molar-refractivity contribution in [2.24, 2.45) is 0 Å². The summed E-state index contributed by atoms with van der Waals surface area (Å²) in [4.78, 5) is 2.44. The van der Waals surface area contributed by atoms with E-state index in [-0.39, 0.29) is 0 Å². The molecule has 0 fully saturated rings. The van der Waals surface area contributed by atoms with Gasteiger partial charge in [-0.05, 0) is 120 Å². The predicted octanol–water partition coefficient (Wildman–Crippen LogP) is 19.2. The monoisotopic (exact) mass is 929 g/mol. The Balaban J connectivity index is 0.936. The van der Waals surface area contributed by atoms with E-state index in [2.05, 4.69) is 284 Å². The largest absolute Gasteiger partial charge is 0.455 e. The van der Waals surface area contributed by atoms with Crippen molar-refractivity contribution in [1.82, 2.24) is 0 Å². The molecule has 1 aromatic heterocycles. The number of rotatable bonds is 9. The molecule has 12 aromatic carbocycles. The first-order valence-electron chi connectivity index (χ1n) is 25.2. The van der Waals surface area contributed by atoms with Crippen LogP contribution in [0.5, 0.6) is 0 Å². The number of fused-ring (bicyclic) bond motifs is 7. The Morgan fingerprint density at radius 3 is 1.63 bits per heavy atom. The number of benzene rings is 12. The van der Waals surface area contributed by atoms with Gasteiger partial charge in [0.1, 0.15) is 11.2 Å². The van der Waals surface area contributed by atoms with Crippen molar-refractivity contribution in [1.29, 1.82) is 0 Å².